The first kappa shape index (κ1) is 24.8. The second-order valence-corrected chi connectivity index (χ2v) is 9.93. The zero-order chi connectivity index (χ0) is 24.1. The SMILES string of the molecule is CCCCCC1CCC(c2ccc3c(F)c(CCc4ccc(C(F)(F)F)cc4)ccc3c2)CC1. The summed E-state index contributed by atoms with van der Waals surface area (Å²) in [6, 6.07) is 15.1. The van der Waals surface area contributed by atoms with E-state index in [0.717, 1.165) is 29.0 Å². The van der Waals surface area contributed by atoms with E-state index in [1.807, 2.05) is 18.2 Å². The van der Waals surface area contributed by atoms with Gasteiger partial charge in [0.1, 0.15) is 5.82 Å². The highest BCUT2D eigenvalue weighted by Gasteiger charge is 2.30. The maximum absolute atomic E-state index is 15.2. The lowest BCUT2D eigenvalue weighted by Gasteiger charge is -2.29. The van der Waals surface area contributed by atoms with Gasteiger partial charge >= 0.3 is 6.18 Å². The number of hydrogen-bond donors (Lipinski definition) is 0. The largest absolute Gasteiger partial charge is 0.416 e. The lowest BCUT2D eigenvalue weighted by Crippen LogP contribution is -2.13. The van der Waals surface area contributed by atoms with Gasteiger partial charge in [-0.3, -0.25) is 0 Å². The fourth-order valence-electron chi connectivity index (χ4n) is 5.41. The molecule has 0 aliphatic heterocycles. The fourth-order valence-corrected chi connectivity index (χ4v) is 5.41. The van der Waals surface area contributed by atoms with Gasteiger partial charge in [0.2, 0.25) is 0 Å². The zero-order valence-electron chi connectivity index (χ0n) is 19.9. The van der Waals surface area contributed by atoms with Crippen LogP contribution in [0.15, 0.2) is 54.6 Å². The smallest absolute Gasteiger partial charge is 0.206 e. The van der Waals surface area contributed by atoms with Crippen LogP contribution >= 0.6 is 0 Å². The molecule has 182 valence electrons. The average molecular weight is 471 g/mol. The number of fused-ring (bicyclic) bond motifs is 1. The minimum Gasteiger partial charge on any atom is -0.206 e. The maximum Gasteiger partial charge on any atom is 0.416 e. The second kappa shape index (κ2) is 10.9. The van der Waals surface area contributed by atoms with E-state index in [1.165, 1.54) is 69.1 Å². The molecule has 0 nitrogen and oxygen atoms in total. The molecule has 3 aromatic carbocycles. The van der Waals surface area contributed by atoms with Crippen LogP contribution in [0.25, 0.3) is 10.8 Å². The summed E-state index contributed by atoms with van der Waals surface area (Å²) in [5.74, 6) is 1.22. The molecule has 34 heavy (non-hydrogen) atoms. The summed E-state index contributed by atoms with van der Waals surface area (Å²) in [7, 11) is 0. The van der Waals surface area contributed by atoms with E-state index >= 15 is 4.39 Å². The number of rotatable bonds is 8. The van der Waals surface area contributed by atoms with Crippen LogP contribution in [0.1, 0.15) is 86.5 Å². The van der Waals surface area contributed by atoms with Crippen molar-refractivity contribution in [3.8, 4) is 0 Å². The molecule has 1 fully saturated rings. The Kier molecular flexibility index (Phi) is 7.95. The summed E-state index contributed by atoms with van der Waals surface area (Å²) in [6.45, 7) is 2.25. The summed E-state index contributed by atoms with van der Waals surface area (Å²) >= 11 is 0. The van der Waals surface area contributed by atoms with Gasteiger partial charge in [0.05, 0.1) is 5.56 Å². The molecule has 3 aromatic rings. The summed E-state index contributed by atoms with van der Waals surface area (Å²) in [5, 5.41) is 1.56. The van der Waals surface area contributed by atoms with Crippen molar-refractivity contribution in [2.24, 2.45) is 5.92 Å². The van der Waals surface area contributed by atoms with E-state index in [2.05, 4.69) is 19.1 Å². The molecular formula is C30H34F4. The van der Waals surface area contributed by atoms with Crippen LogP contribution in [0.4, 0.5) is 17.6 Å². The van der Waals surface area contributed by atoms with Crippen LogP contribution in [0.5, 0.6) is 0 Å². The lowest BCUT2D eigenvalue weighted by molar-refractivity contribution is -0.137. The van der Waals surface area contributed by atoms with Gasteiger partial charge in [0.15, 0.2) is 0 Å². The monoisotopic (exact) mass is 470 g/mol. The van der Waals surface area contributed by atoms with Gasteiger partial charge in [0.25, 0.3) is 0 Å². The van der Waals surface area contributed by atoms with Crippen LogP contribution in [0.3, 0.4) is 0 Å². The van der Waals surface area contributed by atoms with E-state index in [1.54, 1.807) is 0 Å². The summed E-state index contributed by atoms with van der Waals surface area (Å²) < 4.78 is 53.4. The minimum atomic E-state index is -4.34. The molecule has 0 spiro atoms. The Hall–Kier alpha value is -2.36. The molecule has 0 heterocycles. The topological polar surface area (TPSA) is 0 Å². The number of halogens is 4. The Morgan fingerprint density at radius 3 is 2.24 bits per heavy atom. The summed E-state index contributed by atoms with van der Waals surface area (Å²) in [6.07, 6.45) is 6.97. The number of alkyl halides is 3. The fraction of sp³-hybridized carbons (Fsp3) is 0.467. The second-order valence-electron chi connectivity index (χ2n) is 9.93. The Bertz CT molecular complexity index is 1070. The maximum atomic E-state index is 15.2. The Morgan fingerprint density at radius 2 is 1.56 bits per heavy atom. The first-order valence-electron chi connectivity index (χ1n) is 12.7. The molecule has 0 unspecified atom stereocenters. The van der Waals surface area contributed by atoms with E-state index in [0.29, 0.717) is 29.7 Å². The Morgan fingerprint density at radius 1 is 0.824 bits per heavy atom. The van der Waals surface area contributed by atoms with E-state index in [4.69, 9.17) is 0 Å². The van der Waals surface area contributed by atoms with Gasteiger partial charge in [-0.05, 0) is 84.6 Å². The highest BCUT2D eigenvalue weighted by molar-refractivity contribution is 5.84. The molecule has 4 heteroatoms. The Labute approximate surface area is 200 Å². The van der Waals surface area contributed by atoms with E-state index in [9.17, 15) is 13.2 Å². The molecule has 0 radical (unpaired) electrons. The van der Waals surface area contributed by atoms with Gasteiger partial charge < -0.3 is 0 Å². The molecule has 0 amide bonds. The standard InChI is InChI=1S/C30H34F4/c1-2-3-4-5-21-6-11-23(12-7-21)25-16-19-28-26(20-25)15-14-24(29(28)31)13-8-22-9-17-27(18-10-22)30(32,33)34/h9-10,14-21,23H,2-8,11-13H2,1H3. The molecule has 0 aromatic heterocycles. The van der Waals surface area contributed by atoms with Crippen LogP contribution in [0.2, 0.25) is 0 Å². The molecule has 1 aliphatic carbocycles. The van der Waals surface area contributed by atoms with Crippen LogP contribution in [0, 0.1) is 11.7 Å². The van der Waals surface area contributed by atoms with Gasteiger partial charge in [-0.1, -0.05) is 75.1 Å². The third kappa shape index (κ3) is 6.00. The highest BCUT2D eigenvalue weighted by atomic mass is 19.4. The molecular weight excluding hydrogens is 436 g/mol. The lowest BCUT2D eigenvalue weighted by atomic mass is 9.76. The molecule has 0 bridgehead atoms. The summed E-state index contributed by atoms with van der Waals surface area (Å²) in [4.78, 5) is 0. The molecule has 0 saturated heterocycles. The van der Waals surface area contributed by atoms with Crippen molar-refractivity contribution in [3.05, 3.63) is 82.7 Å². The molecule has 4 rings (SSSR count). The van der Waals surface area contributed by atoms with E-state index < -0.39 is 11.7 Å². The van der Waals surface area contributed by atoms with Gasteiger partial charge in [-0.2, -0.15) is 13.2 Å². The Balaban J connectivity index is 1.39. The predicted molar refractivity (Wildman–Crippen MR) is 132 cm³/mol. The van der Waals surface area contributed by atoms with Crippen LogP contribution < -0.4 is 0 Å². The molecule has 1 aliphatic rings. The number of benzene rings is 3. The van der Waals surface area contributed by atoms with Crippen molar-refractivity contribution in [1.29, 1.82) is 0 Å². The number of aryl methyl sites for hydroxylation is 2. The zero-order valence-corrected chi connectivity index (χ0v) is 19.9. The number of hydrogen-bond acceptors (Lipinski definition) is 0. The van der Waals surface area contributed by atoms with Gasteiger partial charge in [0, 0.05) is 5.39 Å². The third-order valence-corrected chi connectivity index (χ3v) is 7.56. The van der Waals surface area contributed by atoms with Crippen molar-refractivity contribution in [2.75, 3.05) is 0 Å². The van der Waals surface area contributed by atoms with Crippen molar-refractivity contribution < 1.29 is 17.6 Å². The average Bonchev–Trinajstić information content (AvgIpc) is 2.84. The molecule has 0 atom stereocenters. The quantitative estimate of drug-likeness (QED) is 0.227. The van der Waals surface area contributed by atoms with Crippen LogP contribution in [-0.2, 0) is 19.0 Å². The van der Waals surface area contributed by atoms with E-state index in [-0.39, 0.29) is 5.82 Å². The van der Waals surface area contributed by atoms with Gasteiger partial charge in [-0.25, -0.2) is 4.39 Å². The van der Waals surface area contributed by atoms with Crippen molar-refractivity contribution in [1.82, 2.24) is 0 Å². The highest BCUT2D eigenvalue weighted by Crippen LogP contribution is 2.39. The summed E-state index contributed by atoms with van der Waals surface area (Å²) in [5.41, 5.74) is 2.03. The first-order chi connectivity index (χ1) is 16.3. The molecule has 0 N–H and O–H groups in total. The normalized spacial score (nSPS) is 19.0. The van der Waals surface area contributed by atoms with Crippen LogP contribution in [-0.4, -0.2) is 0 Å². The van der Waals surface area contributed by atoms with Gasteiger partial charge in [-0.15, -0.1) is 0 Å². The van der Waals surface area contributed by atoms with Crippen molar-refractivity contribution in [3.63, 3.8) is 0 Å². The molecule has 1 saturated carbocycles. The predicted octanol–water partition coefficient (Wildman–Crippen LogP) is 9.64. The third-order valence-electron chi connectivity index (χ3n) is 7.56. The van der Waals surface area contributed by atoms with Crippen molar-refractivity contribution >= 4 is 10.8 Å². The minimum absolute atomic E-state index is 0.212. The van der Waals surface area contributed by atoms with Crippen molar-refractivity contribution in [2.45, 2.75) is 83.2 Å². The first-order valence-corrected chi connectivity index (χ1v) is 12.7. The number of unbranched alkanes of at least 4 members (excludes halogenated alkanes) is 2.